The number of hydrogen-bond acceptors (Lipinski definition) is 5. The minimum atomic E-state index is -0.559. The van der Waals surface area contributed by atoms with Gasteiger partial charge in [0.1, 0.15) is 5.69 Å². The molecule has 2 aromatic carbocycles. The first-order valence-corrected chi connectivity index (χ1v) is 9.00. The van der Waals surface area contributed by atoms with Crippen LogP contribution in [0.15, 0.2) is 77.6 Å². The van der Waals surface area contributed by atoms with Crippen LogP contribution in [0.3, 0.4) is 0 Å². The molecule has 8 nitrogen and oxygen atoms in total. The van der Waals surface area contributed by atoms with E-state index in [-0.39, 0.29) is 23.6 Å². The lowest BCUT2D eigenvalue weighted by Gasteiger charge is -2.08. The van der Waals surface area contributed by atoms with Gasteiger partial charge in [-0.05, 0) is 24.3 Å². The second-order valence-corrected chi connectivity index (χ2v) is 6.29. The molecule has 2 amide bonds. The SMILES string of the molecule is O=C(CNC(=O)c1cc(-c2ccccc2)on1)Nc1ccc(-n2cccn2)c(F)c1. The lowest BCUT2D eigenvalue weighted by molar-refractivity contribution is -0.115. The Morgan fingerprint density at radius 2 is 1.90 bits per heavy atom. The summed E-state index contributed by atoms with van der Waals surface area (Å²) in [6.45, 7) is -0.311. The molecule has 0 saturated carbocycles. The van der Waals surface area contributed by atoms with Gasteiger partial charge in [0.15, 0.2) is 17.3 Å². The van der Waals surface area contributed by atoms with E-state index in [9.17, 15) is 14.0 Å². The predicted molar refractivity (Wildman–Crippen MR) is 106 cm³/mol. The standard InChI is InChI=1S/C21H16FN5O3/c22-16-11-15(7-8-18(16)27-10-4-9-24-27)25-20(28)13-23-21(29)17-12-19(30-26-17)14-5-2-1-3-6-14/h1-12H,13H2,(H,23,29)(H,25,28). The van der Waals surface area contributed by atoms with Crippen molar-refractivity contribution in [3.8, 4) is 17.0 Å². The Labute approximate surface area is 170 Å². The third-order valence-corrected chi connectivity index (χ3v) is 4.19. The Balaban J connectivity index is 1.33. The van der Waals surface area contributed by atoms with Crippen molar-refractivity contribution in [2.45, 2.75) is 0 Å². The van der Waals surface area contributed by atoms with Crippen LogP contribution in [0.25, 0.3) is 17.0 Å². The van der Waals surface area contributed by atoms with E-state index in [1.165, 1.54) is 29.1 Å². The van der Waals surface area contributed by atoms with Gasteiger partial charge in [0.2, 0.25) is 5.91 Å². The molecular weight excluding hydrogens is 389 g/mol. The first kappa shape index (κ1) is 19.1. The fourth-order valence-corrected chi connectivity index (χ4v) is 2.76. The molecule has 4 rings (SSSR count). The summed E-state index contributed by atoms with van der Waals surface area (Å²) in [5, 5.41) is 12.7. The Bertz CT molecular complexity index is 1170. The summed E-state index contributed by atoms with van der Waals surface area (Å²) in [4.78, 5) is 24.3. The second kappa shape index (κ2) is 8.39. The van der Waals surface area contributed by atoms with Gasteiger partial charge in [0, 0.05) is 29.7 Å². The molecule has 30 heavy (non-hydrogen) atoms. The van der Waals surface area contributed by atoms with Crippen LogP contribution < -0.4 is 10.6 Å². The number of anilines is 1. The van der Waals surface area contributed by atoms with Crippen LogP contribution in [0.1, 0.15) is 10.5 Å². The molecule has 0 bridgehead atoms. The van der Waals surface area contributed by atoms with E-state index in [1.807, 2.05) is 30.3 Å². The van der Waals surface area contributed by atoms with E-state index in [2.05, 4.69) is 20.9 Å². The van der Waals surface area contributed by atoms with Crippen molar-refractivity contribution in [3.63, 3.8) is 0 Å². The Morgan fingerprint density at radius 1 is 1.07 bits per heavy atom. The monoisotopic (exact) mass is 405 g/mol. The van der Waals surface area contributed by atoms with Crippen LogP contribution >= 0.6 is 0 Å². The molecule has 0 saturated heterocycles. The Morgan fingerprint density at radius 3 is 2.63 bits per heavy atom. The van der Waals surface area contributed by atoms with Crippen molar-refractivity contribution in [1.29, 1.82) is 0 Å². The van der Waals surface area contributed by atoms with E-state index < -0.39 is 17.6 Å². The van der Waals surface area contributed by atoms with E-state index in [4.69, 9.17) is 4.52 Å². The van der Waals surface area contributed by atoms with Gasteiger partial charge in [-0.1, -0.05) is 35.5 Å². The number of nitrogens with zero attached hydrogens (tertiary/aromatic N) is 3. The molecular formula is C21H16FN5O3. The third kappa shape index (κ3) is 4.25. The Hall–Kier alpha value is -4.27. The topological polar surface area (TPSA) is 102 Å². The highest BCUT2D eigenvalue weighted by Crippen LogP contribution is 2.20. The molecule has 150 valence electrons. The largest absolute Gasteiger partial charge is 0.355 e. The lowest BCUT2D eigenvalue weighted by Crippen LogP contribution is -2.33. The van der Waals surface area contributed by atoms with Gasteiger partial charge >= 0.3 is 0 Å². The summed E-state index contributed by atoms with van der Waals surface area (Å²) in [7, 11) is 0. The van der Waals surface area contributed by atoms with Gasteiger partial charge in [0.25, 0.3) is 5.91 Å². The van der Waals surface area contributed by atoms with E-state index in [0.29, 0.717) is 5.76 Å². The fourth-order valence-electron chi connectivity index (χ4n) is 2.76. The molecule has 0 aliphatic heterocycles. The molecule has 2 N–H and O–H groups in total. The number of nitrogens with one attached hydrogen (secondary N) is 2. The van der Waals surface area contributed by atoms with Crippen LogP contribution in [0.2, 0.25) is 0 Å². The highest BCUT2D eigenvalue weighted by atomic mass is 19.1. The quantitative estimate of drug-likeness (QED) is 0.513. The molecule has 0 atom stereocenters. The summed E-state index contributed by atoms with van der Waals surface area (Å²) in [5.41, 5.74) is 1.35. The highest BCUT2D eigenvalue weighted by Gasteiger charge is 2.15. The van der Waals surface area contributed by atoms with Crippen molar-refractivity contribution in [1.82, 2.24) is 20.3 Å². The van der Waals surface area contributed by atoms with Crippen molar-refractivity contribution in [3.05, 3.63) is 84.6 Å². The zero-order valence-corrected chi connectivity index (χ0v) is 15.6. The summed E-state index contributed by atoms with van der Waals surface area (Å²) >= 11 is 0. The molecule has 0 aliphatic rings. The molecule has 9 heteroatoms. The van der Waals surface area contributed by atoms with E-state index in [1.54, 1.807) is 18.3 Å². The third-order valence-electron chi connectivity index (χ3n) is 4.19. The summed E-state index contributed by atoms with van der Waals surface area (Å²) in [6, 6.07) is 16.6. The lowest BCUT2D eigenvalue weighted by atomic mass is 10.1. The smallest absolute Gasteiger partial charge is 0.273 e. The maximum atomic E-state index is 14.2. The van der Waals surface area contributed by atoms with Crippen molar-refractivity contribution in [2.75, 3.05) is 11.9 Å². The number of hydrogen-bond donors (Lipinski definition) is 2. The zero-order valence-electron chi connectivity index (χ0n) is 15.6. The fraction of sp³-hybridized carbons (Fsp3) is 0.0476. The van der Waals surface area contributed by atoms with Gasteiger partial charge in [-0.15, -0.1) is 0 Å². The molecule has 0 unspecified atom stereocenters. The van der Waals surface area contributed by atoms with Crippen LogP contribution in [-0.4, -0.2) is 33.3 Å². The molecule has 0 aliphatic carbocycles. The van der Waals surface area contributed by atoms with E-state index >= 15 is 0 Å². The summed E-state index contributed by atoms with van der Waals surface area (Å²) in [6.07, 6.45) is 3.15. The number of aromatic nitrogens is 3. The minimum Gasteiger partial charge on any atom is -0.355 e. The van der Waals surface area contributed by atoms with Gasteiger partial charge in [0.05, 0.1) is 6.54 Å². The van der Waals surface area contributed by atoms with Crippen LogP contribution in [0.5, 0.6) is 0 Å². The van der Waals surface area contributed by atoms with Crippen LogP contribution in [0, 0.1) is 5.82 Å². The van der Waals surface area contributed by atoms with Crippen LogP contribution in [-0.2, 0) is 4.79 Å². The van der Waals surface area contributed by atoms with E-state index in [0.717, 1.165) is 5.56 Å². The minimum absolute atomic E-state index is 0.0521. The zero-order chi connectivity index (χ0) is 20.9. The normalized spacial score (nSPS) is 10.6. The van der Waals surface area contributed by atoms with Gasteiger partial charge in [-0.2, -0.15) is 5.10 Å². The number of amides is 2. The molecule has 0 radical (unpaired) electrons. The number of halogens is 1. The average molecular weight is 405 g/mol. The number of rotatable bonds is 6. The number of benzene rings is 2. The van der Waals surface area contributed by atoms with Crippen molar-refractivity contribution in [2.24, 2.45) is 0 Å². The first-order valence-electron chi connectivity index (χ1n) is 9.00. The number of carbonyl (C=O) groups excluding carboxylic acids is 2. The van der Waals surface area contributed by atoms with Crippen molar-refractivity contribution >= 4 is 17.5 Å². The maximum absolute atomic E-state index is 14.2. The molecule has 2 aromatic heterocycles. The van der Waals surface area contributed by atoms with Gasteiger partial charge < -0.3 is 15.2 Å². The number of carbonyl (C=O) groups is 2. The maximum Gasteiger partial charge on any atom is 0.273 e. The van der Waals surface area contributed by atoms with Gasteiger partial charge in [-0.25, -0.2) is 9.07 Å². The Kier molecular flexibility index (Phi) is 5.33. The highest BCUT2D eigenvalue weighted by molar-refractivity contribution is 5.98. The molecule has 2 heterocycles. The summed E-state index contributed by atoms with van der Waals surface area (Å²) in [5.74, 6) is -1.17. The van der Waals surface area contributed by atoms with Crippen molar-refractivity contribution < 1.29 is 18.5 Å². The summed E-state index contributed by atoms with van der Waals surface area (Å²) < 4.78 is 20.8. The van der Waals surface area contributed by atoms with Gasteiger partial charge in [-0.3, -0.25) is 9.59 Å². The first-order chi connectivity index (χ1) is 14.6. The second-order valence-electron chi connectivity index (χ2n) is 6.29. The predicted octanol–water partition coefficient (Wildman–Crippen LogP) is 3.03. The molecule has 0 spiro atoms. The average Bonchev–Trinajstić information content (AvgIpc) is 3.45. The molecule has 0 fully saturated rings. The molecule has 4 aromatic rings. The van der Waals surface area contributed by atoms with Crippen LogP contribution in [0.4, 0.5) is 10.1 Å².